The summed E-state index contributed by atoms with van der Waals surface area (Å²) in [7, 11) is 0. The van der Waals surface area contributed by atoms with Crippen LogP contribution in [0, 0.1) is 18.3 Å². The van der Waals surface area contributed by atoms with E-state index >= 15 is 0 Å². The summed E-state index contributed by atoms with van der Waals surface area (Å²) in [5.74, 6) is 0.240. The van der Waals surface area contributed by atoms with Crippen LogP contribution >= 0.6 is 11.3 Å². The first-order valence-corrected chi connectivity index (χ1v) is 8.97. The van der Waals surface area contributed by atoms with E-state index in [4.69, 9.17) is 5.10 Å². The molecule has 1 unspecified atom stereocenters. The maximum atomic E-state index is 9.23. The zero-order chi connectivity index (χ0) is 16.5. The van der Waals surface area contributed by atoms with Gasteiger partial charge in [0.2, 0.25) is 5.13 Å². The van der Waals surface area contributed by atoms with E-state index in [9.17, 15) is 5.26 Å². The predicted molar refractivity (Wildman–Crippen MR) is 93.1 cm³/mol. The Bertz CT molecular complexity index is 903. The molecular formula is C18H17N5S. The number of hydrogen-bond donors (Lipinski definition) is 0. The quantitative estimate of drug-likeness (QED) is 0.724. The average molecular weight is 335 g/mol. The lowest BCUT2D eigenvalue weighted by Crippen LogP contribution is -2.12. The Balaban J connectivity index is 1.93. The van der Waals surface area contributed by atoms with Gasteiger partial charge in [0.15, 0.2) is 0 Å². The van der Waals surface area contributed by atoms with Crippen LogP contribution in [0.15, 0.2) is 29.9 Å². The topological polar surface area (TPSA) is 67.4 Å². The summed E-state index contributed by atoms with van der Waals surface area (Å²) in [5.41, 5.74) is 5.38. The fraction of sp³-hybridized carbons (Fsp3) is 0.333. The largest absolute Gasteiger partial charge is 0.264 e. The van der Waals surface area contributed by atoms with Gasteiger partial charge in [0.05, 0.1) is 23.2 Å². The summed E-state index contributed by atoms with van der Waals surface area (Å²) in [6.45, 7) is 2.00. The minimum absolute atomic E-state index is 0.240. The van der Waals surface area contributed by atoms with Crippen molar-refractivity contribution in [1.29, 1.82) is 5.26 Å². The number of rotatable bonds is 3. The lowest BCUT2D eigenvalue weighted by Gasteiger charge is -2.21. The summed E-state index contributed by atoms with van der Waals surface area (Å²) >= 11 is 1.61. The molecule has 0 bridgehead atoms. The summed E-state index contributed by atoms with van der Waals surface area (Å²) in [4.78, 5) is 8.85. The molecule has 0 N–H and O–H groups in total. The lowest BCUT2D eigenvalue weighted by molar-refractivity contribution is 0.550. The third-order valence-corrected chi connectivity index (χ3v) is 5.39. The van der Waals surface area contributed by atoms with Crippen LogP contribution in [0.3, 0.4) is 0 Å². The molecule has 0 radical (unpaired) electrons. The second kappa shape index (κ2) is 6.17. The molecule has 0 aromatic carbocycles. The lowest BCUT2D eigenvalue weighted by atomic mass is 9.82. The number of thiazole rings is 1. The summed E-state index contributed by atoms with van der Waals surface area (Å²) in [6, 6.07) is 6.30. The van der Waals surface area contributed by atoms with Crippen LogP contribution in [0.5, 0.6) is 0 Å². The fourth-order valence-corrected chi connectivity index (χ4v) is 4.20. The minimum Gasteiger partial charge on any atom is -0.264 e. The zero-order valence-corrected chi connectivity index (χ0v) is 14.3. The van der Waals surface area contributed by atoms with Crippen LogP contribution in [0.4, 0.5) is 0 Å². The fourth-order valence-electron chi connectivity index (χ4n) is 3.42. The monoisotopic (exact) mass is 335 g/mol. The Labute approximate surface area is 144 Å². The van der Waals surface area contributed by atoms with Crippen molar-refractivity contribution in [3.8, 4) is 22.5 Å². The Hall–Kier alpha value is -2.52. The highest BCUT2D eigenvalue weighted by atomic mass is 32.1. The van der Waals surface area contributed by atoms with Crippen molar-refractivity contribution >= 4 is 11.3 Å². The Morgan fingerprint density at radius 2 is 2.38 bits per heavy atom. The van der Waals surface area contributed by atoms with Gasteiger partial charge in [-0.15, -0.1) is 11.3 Å². The number of fused-ring (bicyclic) bond motifs is 1. The Kier molecular flexibility index (Phi) is 3.87. The molecule has 0 saturated heterocycles. The summed E-state index contributed by atoms with van der Waals surface area (Å²) in [6.07, 6.45) is 7.24. The molecular weight excluding hydrogens is 318 g/mol. The summed E-state index contributed by atoms with van der Waals surface area (Å²) < 4.78 is 1.98. The van der Waals surface area contributed by atoms with E-state index in [1.807, 2.05) is 35.3 Å². The first-order chi connectivity index (χ1) is 11.8. The zero-order valence-electron chi connectivity index (χ0n) is 13.4. The van der Waals surface area contributed by atoms with Crippen LogP contribution in [-0.4, -0.2) is 19.7 Å². The molecule has 4 rings (SSSR count). The van der Waals surface area contributed by atoms with Gasteiger partial charge in [-0.25, -0.2) is 9.67 Å². The number of aryl methyl sites for hydroxylation is 1. The number of hydrogen-bond acceptors (Lipinski definition) is 5. The second-order valence-electron chi connectivity index (χ2n) is 6.09. The smallest absolute Gasteiger partial charge is 0.210 e. The Morgan fingerprint density at radius 1 is 1.46 bits per heavy atom. The predicted octanol–water partition coefficient (Wildman–Crippen LogP) is 4.03. The van der Waals surface area contributed by atoms with E-state index in [1.54, 1.807) is 17.5 Å². The molecule has 3 aromatic heterocycles. The van der Waals surface area contributed by atoms with Crippen LogP contribution < -0.4 is 0 Å². The van der Waals surface area contributed by atoms with Crippen molar-refractivity contribution in [2.24, 2.45) is 0 Å². The van der Waals surface area contributed by atoms with Gasteiger partial charge in [-0.2, -0.15) is 10.4 Å². The number of nitrogens with zero attached hydrogens (tertiary/aromatic N) is 5. The van der Waals surface area contributed by atoms with Gasteiger partial charge in [-0.3, -0.25) is 4.98 Å². The highest BCUT2D eigenvalue weighted by Gasteiger charge is 2.30. The third-order valence-electron chi connectivity index (χ3n) is 4.46. The molecule has 0 amide bonds. The second-order valence-corrected chi connectivity index (χ2v) is 6.92. The van der Waals surface area contributed by atoms with Crippen LogP contribution in [0.1, 0.15) is 42.1 Å². The van der Waals surface area contributed by atoms with Crippen LogP contribution in [0.25, 0.3) is 16.4 Å². The highest BCUT2D eigenvalue weighted by Crippen LogP contribution is 2.41. The van der Waals surface area contributed by atoms with Crippen molar-refractivity contribution in [3.63, 3.8) is 0 Å². The van der Waals surface area contributed by atoms with Gasteiger partial charge in [0, 0.05) is 41.2 Å². The van der Waals surface area contributed by atoms with E-state index in [0.717, 1.165) is 41.3 Å². The van der Waals surface area contributed by atoms with Gasteiger partial charge < -0.3 is 0 Å². The molecule has 3 heterocycles. The number of pyridine rings is 1. The molecule has 1 aliphatic rings. The van der Waals surface area contributed by atoms with Crippen molar-refractivity contribution < 1.29 is 0 Å². The highest BCUT2D eigenvalue weighted by molar-refractivity contribution is 7.12. The summed E-state index contributed by atoms with van der Waals surface area (Å²) in [5, 5.41) is 17.1. The molecule has 0 saturated carbocycles. The van der Waals surface area contributed by atoms with Crippen molar-refractivity contribution in [2.45, 2.75) is 38.5 Å². The first-order valence-electron chi connectivity index (χ1n) is 8.09. The van der Waals surface area contributed by atoms with E-state index < -0.39 is 0 Å². The SMILES string of the molecule is Cc1csc(-n2nc(-c3cccnc3)c3c2CCCC3CC#N)n1. The van der Waals surface area contributed by atoms with E-state index in [-0.39, 0.29) is 5.92 Å². The van der Waals surface area contributed by atoms with Gasteiger partial charge >= 0.3 is 0 Å². The molecule has 5 nitrogen and oxygen atoms in total. The van der Waals surface area contributed by atoms with E-state index in [1.165, 1.54) is 11.3 Å². The Morgan fingerprint density at radius 3 is 3.08 bits per heavy atom. The molecule has 24 heavy (non-hydrogen) atoms. The molecule has 0 aliphatic heterocycles. The molecule has 3 aromatic rings. The van der Waals surface area contributed by atoms with Gasteiger partial charge in [-0.1, -0.05) is 0 Å². The van der Waals surface area contributed by atoms with E-state index in [0.29, 0.717) is 6.42 Å². The van der Waals surface area contributed by atoms with Gasteiger partial charge in [0.25, 0.3) is 0 Å². The third kappa shape index (κ3) is 2.51. The molecule has 1 aliphatic carbocycles. The molecule has 1 atom stereocenters. The van der Waals surface area contributed by atoms with Gasteiger partial charge in [-0.05, 0) is 38.3 Å². The molecule has 120 valence electrons. The molecule has 0 spiro atoms. The maximum Gasteiger partial charge on any atom is 0.210 e. The average Bonchev–Trinajstić information content (AvgIpc) is 3.20. The number of aromatic nitrogens is 4. The van der Waals surface area contributed by atoms with Crippen LogP contribution in [0.2, 0.25) is 0 Å². The number of nitriles is 1. The van der Waals surface area contributed by atoms with Gasteiger partial charge in [0.1, 0.15) is 0 Å². The van der Waals surface area contributed by atoms with Crippen molar-refractivity contribution in [2.75, 3.05) is 0 Å². The van der Waals surface area contributed by atoms with E-state index in [2.05, 4.69) is 16.0 Å². The maximum absolute atomic E-state index is 9.23. The van der Waals surface area contributed by atoms with Crippen LogP contribution in [-0.2, 0) is 6.42 Å². The standard InChI is InChI=1S/C18H17N5S/c1-12-11-24-18(21-12)23-15-6-2-4-13(7-8-19)16(15)17(22-23)14-5-3-9-20-10-14/h3,5,9-11,13H,2,4,6-7H2,1H3. The van der Waals surface area contributed by atoms with Crippen molar-refractivity contribution in [3.05, 3.63) is 46.9 Å². The molecule has 0 fully saturated rings. The molecule has 6 heteroatoms. The van der Waals surface area contributed by atoms with Crippen molar-refractivity contribution in [1.82, 2.24) is 19.7 Å². The minimum atomic E-state index is 0.240. The normalized spacial score (nSPS) is 16.6. The first kappa shape index (κ1) is 15.0.